The maximum absolute atomic E-state index is 10.6. The van der Waals surface area contributed by atoms with Gasteiger partial charge in [0.15, 0.2) is 0 Å². The zero-order chi connectivity index (χ0) is 5.41. The van der Waals surface area contributed by atoms with Crippen LogP contribution < -0.4 is 0 Å². The summed E-state index contributed by atoms with van der Waals surface area (Å²) in [4.78, 5) is 0. The van der Waals surface area contributed by atoms with Gasteiger partial charge in [-0.05, 0) is 0 Å². The summed E-state index contributed by atoms with van der Waals surface area (Å²) in [5.41, 5.74) is 0. The number of hydrogen-bond donors (Lipinski definition) is 0. The quantitative estimate of drug-likeness (QED) is 0.474. The first-order valence-electron chi connectivity index (χ1n) is 1.46. The van der Waals surface area contributed by atoms with Crippen molar-refractivity contribution >= 4 is 0 Å². The monoisotopic (exact) mass is 126 g/mol. The molecule has 0 saturated heterocycles. The van der Waals surface area contributed by atoms with Gasteiger partial charge in [-0.1, -0.05) is 20.9 Å². The highest BCUT2D eigenvalue weighted by atomic mass is 19.1. The van der Waals surface area contributed by atoms with Crippen molar-refractivity contribution in [1.82, 2.24) is 0 Å². The molecule has 0 rings (SSSR count). The van der Waals surface area contributed by atoms with Gasteiger partial charge in [0.05, 0.1) is 7.18 Å². The molecule has 0 atom stereocenters. The summed E-state index contributed by atoms with van der Waals surface area (Å²) in [7, 11) is 0.500. The van der Waals surface area contributed by atoms with Crippen molar-refractivity contribution in [3.63, 3.8) is 0 Å². The Hall–Kier alpha value is -0.400. The molecule has 0 nitrogen and oxygen atoms in total. The van der Waals surface area contributed by atoms with Gasteiger partial charge in [0.2, 0.25) is 0 Å². The van der Waals surface area contributed by atoms with Crippen molar-refractivity contribution in [1.29, 1.82) is 0 Å². The number of alkyl halides is 2. The summed E-state index contributed by atoms with van der Waals surface area (Å²) in [5.74, 6) is 0. The van der Waals surface area contributed by atoms with Gasteiger partial charge in [0.1, 0.15) is 6.67 Å². The highest BCUT2D eigenvalue weighted by Crippen LogP contribution is 1.58. The maximum Gasteiger partial charge on any atom is 0.107 e. The standard InChI is InChI=1S/C3H5F.CH3F.2CH4/c1-2-3-4;1-2;;/h2H,1,3H2;1H3;2*1H4. The predicted molar refractivity (Wildman–Crippen MR) is 36.7 cm³/mol. The molecule has 0 amide bonds. The Bertz CT molecular complexity index is 20.5. The maximum atomic E-state index is 10.6. The minimum Gasteiger partial charge on any atom is -0.255 e. The van der Waals surface area contributed by atoms with Gasteiger partial charge in [-0.3, -0.25) is 4.39 Å². The second-order valence-electron chi connectivity index (χ2n) is 0.443. The minimum absolute atomic E-state index is 0. The second kappa shape index (κ2) is 80.8. The first-order chi connectivity index (χ1) is 2.91. The van der Waals surface area contributed by atoms with E-state index in [2.05, 4.69) is 6.58 Å². The Kier molecular flexibility index (Phi) is 258. The second-order valence-corrected chi connectivity index (χ2v) is 0.443. The normalized spacial score (nSPS) is 3.88. The first kappa shape index (κ1) is 25.5. The first-order valence-corrected chi connectivity index (χ1v) is 1.46. The molecule has 0 aliphatic carbocycles. The van der Waals surface area contributed by atoms with Crippen molar-refractivity contribution in [3.8, 4) is 0 Å². The average molecular weight is 126 g/mol. The van der Waals surface area contributed by atoms with Gasteiger partial charge in [-0.2, -0.15) is 0 Å². The summed E-state index contributed by atoms with van der Waals surface area (Å²) >= 11 is 0. The van der Waals surface area contributed by atoms with E-state index in [1.165, 1.54) is 6.08 Å². The zero-order valence-corrected chi connectivity index (χ0v) is 3.75. The predicted octanol–water partition coefficient (Wildman–Crippen LogP) is 3.00. The van der Waals surface area contributed by atoms with Gasteiger partial charge in [-0.25, -0.2) is 4.39 Å². The molecule has 0 aromatic rings. The van der Waals surface area contributed by atoms with Crippen LogP contribution in [-0.4, -0.2) is 13.9 Å². The fraction of sp³-hybridized carbons (Fsp3) is 0.667. The van der Waals surface area contributed by atoms with Crippen LogP contribution in [0, 0.1) is 0 Å². The van der Waals surface area contributed by atoms with Crippen molar-refractivity contribution in [2.75, 3.05) is 13.9 Å². The molecule has 0 unspecified atom stereocenters. The summed E-state index contributed by atoms with van der Waals surface area (Å²) in [5, 5.41) is 0. The van der Waals surface area contributed by atoms with Crippen LogP contribution in [0.15, 0.2) is 12.7 Å². The molecule has 0 heterocycles. The number of rotatable bonds is 1. The SMILES string of the molecule is C.C.C=CCF.CF. The molecule has 0 aromatic carbocycles. The van der Waals surface area contributed by atoms with E-state index in [-0.39, 0.29) is 14.9 Å². The van der Waals surface area contributed by atoms with Crippen LogP contribution in [0.4, 0.5) is 8.78 Å². The Morgan fingerprint density at radius 3 is 1.50 bits per heavy atom. The fourth-order valence-corrected chi connectivity index (χ4v) is 0. The van der Waals surface area contributed by atoms with Crippen molar-refractivity contribution < 1.29 is 8.78 Å². The molecule has 0 N–H and O–H groups in total. The molecule has 8 heavy (non-hydrogen) atoms. The van der Waals surface area contributed by atoms with Crippen LogP contribution in [0.3, 0.4) is 0 Å². The van der Waals surface area contributed by atoms with Gasteiger partial charge >= 0.3 is 0 Å². The Balaban J connectivity index is -0.0000000183. The number of halogens is 2. The molecule has 54 valence electrons. The van der Waals surface area contributed by atoms with E-state index in [1.54, 1.807) is 0 Å². The Morgan fingerprint density at radius 2 is 1.50 bits per heavy atom. The molecule has 0 aromatic heterocycles. The molecular weight excluding hydrogens is 110 g/mol. The molecule has 0 radical (unpaired) electrons. The molecule has 0 aliphatic heterocycles. The van der Waals surface area contributed by atoms with Gasteiger partial charge in [0, 0.05) is 0 Å². The highest BCUT2D eigenvalue weighted by molar-refractivity contribution is 4.61. The van der Waals surface area contributed by atoms with E-state index in [4.69, 9.17) is 0 Å². The summed E-state index contributed by atoms with van der Waals surface area (Å²) in [6, 6.07) is 0. The molecule has 2 heteroatoms. The van der Waals surface area contributed by atoms with E-state index in [0.717, 1.165) is 0 Å². The van der Waals surface area contributed by atoms with E-state index >= 15 is 0 Å². The third kappa shape index (κ3) is 329. The average Bonchev–Trinajstić information content (AvgIpc) is 1.72. The summed E-state index contributed by atoms with van der Waals surface area (Å²) < 4.78 is 20.1. The fourth-order valence-electron chi connectivity index (χ4n) is 0. The van der Waals surface area contributed by atoms with Crippen molar-refractivity contribution in [2.45, 2.75) is 14.9 Å². The van der Waals surface area contributed by atoms with Crippen LogP contribution in [0.5, 0.6) is 0 Å². The lowest BCUT2D eigenvalue weighted by molar-refractivity contribution is 0.562. The molecule has 0 spiro atoms. The summed E-state index contributed by atoms with van der Waals surface area (Å²) in [6.45, 7) is 2.69. The van der Waals surface area contributed by atoms with Crippen LogP contribution in [-0.2, 0) is 0 Å². The van der Waals surface area contributed by atoms with Gasteiger partial charge < -0.3 is 0 Å². The number of hydrogen-bond acceptors (Lipinski definition) is 0. The lowest BCUT2D eigenvalue weighted by Crippen LogP contribution is -1.48. The van der Waals surface area contributed by atoms with Gasteiger partial charge in [0.25, 0.3) is 0 Å². The van der Waals surface area contributed by atoms with E-state index in [1.807, 2.05) is 0 Å². The van der Waals surface area contributed by atoms with Gasteiger partial charge in [-0.15, -0.1) is 6.58 Å². The minimum atomic E-state index is -0.417. The zero-order valence-electron chi connectivity index (χ0n) is 3.75. The molecular formula is C6H16F2. The van der Waals surface area contributed by atoms with E-state index in [0.29, 0.717) is 7.18 Å². The summed E-state index contributed by atoms with van der Waals surface area (Å²) in [6.07, 6.45) is 1.21. The highest BCUT2D eigenvalue weighted by Gasteiger charge is 1.49. The van der Waals surface area contributed by atoms with Crippen LogP contribution in [0.25, 0.3) is 0 Å². The lowest BCUT2D eigenvalue weighted by atomic mass is 10.7. The Labute approximate surface area is 51.2 Å². The van der Waals surface area contributed by atoms with E-state index < -0.39 is 6.67 Å². The van der Waals surface area contributed by atoms with Crippen molar-refractivity contribution in [2.24, 2.45) is 0 Å². The molecule has 0 bridgehead atoms. The molecule has 0 saturated carbocycles. The van der Waals surface area contributed by atoms with E-state index in [9.17, 15) is 8.78 Å². The largest absolute Gasteiger partial charge is 0.255 e. The Morgan fingerprint density at radius 1 is 1.38 bits per heavy atom. The lowest BCUT2D eigenvalue weighted by Gasteiger charge is -1.54. The smallest absolute Gasteiger partial charge is 0.107 e. The number of allylic oxidation sites excluding steroid dienone is 1. The molecule has 0 aliphatic rings. The van der Waals surface area contributed by atoms with Crippen molar-refractivity contribution in [3.05, 3.63) is 12.7 Å². The molecule has 0 fully saturated rings. The van der Waals surface area contributed by atoms with Crippen LogP contribution in [0.2, 0.25) is 0 Å². The van der Waals surface area contributed by atoms with Crippen LogP contribution in [0.1, 0.15) is 14.9 Å². The third-order valence-corrected chi connectivity index (χ3v) is 0.109. The van der Waals surface area contributed by atoms with Crippen LogP contribution >= 0.6 is 0 Å². The third-order valence-electron chi connectivity index (χ3n) is 0.109. The topological polar surface area (TPSA) is 0 Å².